The van der Waals surface area contributed by atoms with Gasteiger partial charge in [-0.15, -0.1) is 0 Å². The SMILES string of the molecule is Cc1cccc(C(C)C)c1NC(=O)CNCCc1n[nH]c(=O)[nH]1. The second-order valence-corrected chi connectivity index (χ2v) is 5.79. The maximum Gasteiger partial charge on any atom is 0.340 e. The molecule has 0 bridgehead atoms. The molecule has 7 nitrogen and oxygen atoms in total. The van der Waals surface area contributed by atoms with Crippen LogP contribution in [0.25, 0.3) is 0 Å². The summed E-state index contributed by atoms with van der Waals surface area (Å²) in [6.45, 7) is 6.96. The Morgan fingerprint density at radius 3 is 2.78 bits per heavy atom. The zero-order valence-electron chi connectivity index (χ0n) is 13.7. The van der Waals surface area contributed by atoms with Crippen LogP contribution < -0.4 is 16.3 Å². The number of hydrogen-bond donors (Lipinski definition) is 4. The quantitative estimate of drug-likeness (QED) is 0.578. The minimum absolute atomic E-state index is 0.0864. The summed E-state index contributed by atoms with van der Waals surface area (Å²) in [4.78, 5) is 25.6. The maximum absolute atomic E-state index is 12.1. The summed E-state index contributed by atoms with van der Waals surface area (Å²) >= 11 is 0. The van der Waals surface area contributed by atoms with Gasteiger partial charge in [0.2, 0.25) is 5.91 Å². The van der Waals surface area contributed by atoms with Crippen LogP contribution in [-0.4, -0.2) is 34.2 Å². The van der Waals surface area contributed by atoms with Gasteiger partial charge in [0.05, 0.1) is 6.54 Å². The summed E-state index contributed by atoms with van der Waals surface area (Å²) < 4.78 is 0. The third kappa shape index (κ3) is 4.79. The molecule has 0 atom stereocenters. The molecule has 7 heteroatoms. The molecule has 1 aromatic carbocycles. The molecule has 124 valence electrons. The van der Waals surface area contributed by atoms with Crippen molar-refractivity contribution in [3.05, 3.63) is 45.6 Å². The standard InChI is InChI=1S/C16H23N5O2/c1-10(2)12-6-4-5-11(3)15(12)19-14(22)9-17-8-7-13-18-16(23)21-20-13/h4-6,10,17H,7-9H2,1-3H3,(H,19,22)(H2,18,20,21,23). The summed E-state index contributed by atoms with van der Waals surface area (Å²) in [7, 11) is 0. The summed E-state index contributed by atoms with van der Waals surface area (Å²) in [6.07, 6.45) is 0.549. The number of aromatic amines is 2. The van der Waals surface area contributed by atoms with E-state index in [9.17, 15) is 9.59 Å². The number of hydrogen-bond acceptors (Lipinski definition) is 4. The molecule has 0 aliphatic rings. The van der Waals surface area contributed by atoms with Gasteiger partial charge in [-0.25, -0.2) is 9.89 Å². The van der Waals surface area contributed by atoms with Crippen LogP contribution in [0.15, 0.2) is 23.0 Å². The van der Waals surface area contributed by atoms with Crippen molar-refractivity contribution in [2.24, 2.45) is 0 Å². The first kappa shape index (κ1) is 17.0. The van der Waals surface area contributed by atoms with Crippen LogP contribution >= 0.6 is 0 Å². The fourth-order valence-electron chi connectivity index (χ4n) is 2.36. The van der Waals surface area contributed by atoms with Crippen molar-refractivity contribution in [3.8, 4) is 0 Å². The number of carbonyl (C=O) groups excluding carboxylic acids is 1. The molecular weight excluding hydrogens is 294 g/mol. The largest absolute Gasteiger partial charge is 0.340 e. The minimum atomic E-state index is -0.321. The molecule has 0 radical (unpaired) electrons. The summed E-state index contributed by atoms with van der Waals surface area (Å²) in [6, 6.07) is 6.03. The molecule has 0 fully saturated rings. The number of carbonyl (C=O) groups is 1. The zero-order chi connectivity index (χ0) is 16.8. The van der Waals surface area contributed by atoms with Gasteiger partial charge < -0.3 is 10.6 Å². The highest BCUT2D eigenvalue weighted by molar-refractivity contribution is 5.93. The fourth-order valence-corrected chi connectivity index (χ4v) is 2.36. The van der Waals surface area contributed by atoms with Crippen molar-refractivity contribution in [3.63, 3.8) is 0 Å². The third-order valence-electron chi connectivity index (χ3n) is 3.57. The Morgan fingerprint density at radius 2 is 2.13 bits per heavy atom. The number of aromatic nitrogens is 3. The van der Waals surface area contributed by atoms with E-state index in [-0.39, 0.29) is 18.1 Å². The number of H-pyrrole nitrogens is 2. The molecule has 0 aliphatic carbocycles. The molecule has 4 N–H and O–H groups in total. The van der Waals surface area contributed by atoms with Crippen LogP contribution in [0.3, 0.4) is 0 Å². The van der Waals surface area contributed by atoms with Gasteiger partial charge in [0.1, 0.15) is 5.82 Å². The Kier molecular flexibility index (Phi) is 5.70. The fraction of sp³-hybridized carbons (Fsp3) is 0.438. The first-order chi connectivity index (χ1) is 11.0. The van der Waals surface area contributed by atoms with Gasteiger partial charge in [-0.05, 0) is 24.0 Å². The van der Waals surface area contributed by atoms with Crippen LogP contribution in [0.4, 0.5) is 5.69 Å². The second kappa shape index (κ2) is 7.73. The van der Waals surface area contributed by atoms with Gasteiger partial charge in [0.25, 0.3) is 0 Å². The summed E-state index contributed by atoms with van der Waals surface area (Å²) in [5, 5.41) is 12.1. The lowest BCUT2D eigenvalue weighted by Crippen LogP contribution is -2.30. The van der Waals surface area contributed by atoms with Crippen molar-refractivity contribution >= 4 is 11.6 Å². The molecule has 1 heterocycles. The van der Waals surface area contributed by atoms with Gasteiger partial charge in [-0.1, -0.05) is 32.0 Å². The lowest BCUT2D eigenvalue weighted by atomic mass is 9.98. The maximum atomic E-state index is 12.1. The van der Waals surface area contributed by atoms with Crippen LogP contribution in [0, 0.1) is 6.92 Å². The van der Waals surface area contributed by atoms with E-state index in [4.69, 9.17) is 0 Å². The molecule has 0 saturated carbocycles. The Morgan fingerprint density at radius 1 is 1.35 bits per heavy atom. The van der Waals surface area contributed by atoms with E-state index in [0.717, 1.165) is 16.8 Å². The molecule has 1 amide bonds. The topological polar surface area (TPSA) is 103 Å². The smallest absolute Gasteiger partial charge is 0.324 e. The van der Waals surface area contributed by atoms with Gasteiger partial charge in [-0.3, -0.25) is 9.78 Å². The van der Waals surface area contributed by atoms with Crippen LogP contribution in [0.5, 0.6) is 0 Å². The van der Waals surface area contributed by atoms with Gasteiger partial charge in [0, 0.05) is 18.7 Å². The van der Waals surface area contributed by atoms with E-state index in [1.165, 1.54) is 0 Å². The van der Waals surface area contributed by atoms with E-state index in [2.05, 4.69) is 39.7 Å². The second-order valence-electron chi connectivity index (χ2n) is 5.79. The first-order valence-electron chi connectivity index (χ1n) is 7.71. The van der Waals surface area contributed by atoms with Crippen molar-refractivity contribution in [1.82, 2.24) is 20.5 Å². The molecular formula is C16H23N5O2. The molecule has 2 rings (SSSR count). The number of anilines is 1. The van der Waals surface area contributed by atoms with E-state index < -0.39 is 0 Å². The highest BCUT2D eigenvalue weighted by Crippen LogP contribution is 2.27. The average Bonchev–Trinajstić information content (AvgIpc) is 2.91. The van der Waals surface area contributed by atoms with Crippen molar-refractivity contribution in [2.75, 3.05) is 18.4 Å². The monoisotopic (exact) mass is 317 g/mol. The molecule has 2 aromatic rings. The Labute approximate surface area is 134 Å². The number of aryl methyl sites for hydroxylation is 1. The highest BCUT2D eigenvalue weighted by Gasteiger charge is 2.11. The number of nitrogens with one attached hydrogen (secondary N) is 4. The average molecular weight is 317 g/mol. The summed E-state index contributed by atoms with van der Waals surface area (Å²) in [5.41, 5.74) is 2.76. The van der Waals surface area contributed by atoms with E-state index in [0.29, 0.717) is 24.7 Å². The van der Waals surface area contributed by atoms with Crippen LogP contribution in [0.2, 0.25) is 0 Å². The van der Waals surface area contributed by atoms with Crippen LogP contribution in [0.1, 0.15) is 36.7 Å². The van der Waals surface area contributed by atoms with Gasteiger partial charge in [0.15, 0.2) is 0 Å². The molecule has 0 unspecified atom stereocenters. The van der Waals surface area contributed by atoms with Gasteiger partial charge in [-0.2, -0.15) is 5.10 Å². The predicted octanol–water partition coefficient (Wildman–Crippen LogP) is 1.30. The molecule has 23 heavy (non-hydrogen) atoms. The van der Waals surface area contributed by atoms with Gasteiger partial charge >= 0.3 is 5.69 Å². The minimum Gasteiger partial charge on any atom is -0.324 e. The first-order valence-corrected chi connectivity index (χ1v) is 7.71. The number of nitrogens with zero attached hydrogens (tertiary/aromatic N) is 1. The van der Waals surface area contributed by atoms with E-state index in [1.807, 2.05) is 25.1 Å². The predicted molar refractivity (Wildman–Crippen MR) is 89.7 cm³/mol. The highest BCUT2D eigenvalue weighted by atomic mass is 16.2. The molecule has 0 aliphatic heterocycles. The third-order valence-corrected chi connectivity index (χ3v) is 3.57. The molecule has 0 saturated heterocycles. The molecule has 1 aromatic heterocycles. The zero-order valence-corrected chi connectivity index (χ0v) is 13.7. The molecule has 0 spiro atoms. The van der Waals surface area contributed by atoms with E-state index >= 15 is 0 Å². The number of para-hydroxylation sites is 1. The Balaban J connectivity index is 1.84. The summed E-state index contributed by atoms with van der Waals surface area (Å²) in [5.74, 6) is 0.829. The van der Waals surface area contributed by atoms with Crippen molar-refractivity contribution in [1.29, 1.82) is 0 Å². The number of rotatable bonds is 7. The number of amides is 1. The van der Waals surface area contributed by atoms with Crippen LogP contribution in [-0.2, 0) is 11.2 Å². The normalized spacial score (nSPS) is 11.0. The lowest BCUT2D eigenvalue weighted by Gasteiger charge is -2.16. The number of benzene rings is 1. The Hall–Kier alpha value is -2.41. The van der Waals surface area contributed by atoms with Crippen molar-refractivity contribution in [2.45, 2.75) is 33.1 Å². The van der Waals surface area contributed by atoms with E-state index in [1.54, 1.807) is 0 Å². The lowest BCUT2D eigenvalue weighted by molar-refractivity contribution is -0.115. The Bertz CT molecular complexity index is 717. The van der Waals surface area contributed by atoms with Crippen molar-refractivity contribution < 1.29 is 4.79 Å².